The maximum absolute atomic E-state index is 13.4. The lowest BCUT2D eigenvalue weighted by atomic mass is 10.1. The third-order valence-corrected chi connectivity index (χ3v) is 2.17. The predicted molar refractivity (Wildman–Crippen MR) is 60.6 cm³/mol. The van der Waals surface area contributed by atoms with Gasteiger partial charge in [-0.05, 0) is 17.7 Å². The average Bonchev–Trinajstić information content (AvgIpc) is 2.25. The molecule has 2 nitrogen and oxygen atoms in total. The third kappa shape index (κ3) is 3.16. The fourth-order valence-corrected chi connectivity index (χ4v) is 1.28. The van der Waals surface area contributed by atoms with Crippen LogP contribution in [0.2, 0.25) is 0 Å². The number of esters is 1. The third-order valence-electron chi connectivity index (χ3n) is 1.80. The number of carbonyl (C=O) groups is 1. The summed E-state index contributed by atoms with van der Waals surface area (Å²) < 4.78 is 17.8. The first-order valence-corrected chi connectivity index (χ1v) is 5.41. The Hall–Kier alpha value is -1.16. The Bertz CT molecular complexity index is 388. The maximum Gasteiger partial charge on any atom is 0.340 e. The number of halogens is 2. The van der Waals surface area contributed by atoms with Gasteiger partial charge in [-0.2, -0.15) is 0 Å². The van der Waals surface area contributed by atoms with Crippen molar-refractivity contribution in [1.29, 1.82) is 0 Å². The van der Waals surface area contributed by atoms with Gasteiger partial charge in [-0.25, -0.2) is 9.18 Å². The van der Waals surface area contributed by atoms with Crippen LogP contribution in [-0.2, 0) is 4.74 Å². The highest BCUT2D eigenvalue weighted by Gasteiger charge is 2.11. The normalized spacial score (nSPS) is 10.6. The molecule has 0 atom stereocenters. The van der Waals surface area contributed by atoms with Crippen molar-refractivity contribution in [2.75, 3.05) is 12.4 Å². The van der Waals surface area contributed by atoms with E-state index < -0.39 is 11.8 Å². The molecule has 0 aliphatic heterocycles. The average molecular weight is 273 g/mol. The van der Waals surface area contributed by atoms with Crippen molar-refractivity contribution in [1.82, 2.24) is 0 Å². The molecule has 0 saturated carbocycles. The lowest BCUT2D eigenvalue weighted by Gasteiger charge is -2.01. The largest absolute Gasteiger partial charge is 0.465 e. The van der Waals surface area contributed by atoms with E-state index >= 15 is 0 Å². The molecule has 0 aliphatic rings. The molecule has 0 aliphatic carbocycles. The van der Waals surface area contributed by atoms with Gasteiger partial charge in [0.05, 0.1) is 12.7 Å². The molecule has 0 bridgehead atoms. The van der Waals surface area contributed by atoms with E-state index in [1.165, 1.54) is 19.2 Å². The molecule has 0 fully saturated rings. The van der Waals surface area contributed by atoms with Crippen molar-refractivity contribution in [3.05, 3.63) is 41.2 Å². The second-order valence-corrected chi connectivity index (χ2v) is 3.44. The van der Waals surface area contributed by atoms with Gasteiger partial charge in [0.1, 0.15) is 5.82 Å². The molecular formula is C11H10BrFO2. The van der Waals surface area contributed by atoms with Crippen LogP contribution in [0.5, 0.6) is 0 Å². The Balaban J connectivity index is 2.98. The van der Waals surface area contributed by atoms with Crippen LogP contribution in [0.1, 0.15) is 15.9 Å². The predicted octanol–water partition coefficient (Wildman–Crippen LogP) is 3.02. The Morgan fingerprint density at radius 2 is 2.33 bits per heavy atom. The standard InChI is InChI=1S/C11H10BrFO2/c1-15-11(14)9-5-4-8(3-2-6-12)7-10(9)13/h2-5,7H,6H2,1H3. The zero-order valence-corrected chi connectivity index (χ0v) is 9.75. The number of rotatable bonds is 3. The molecule has 4 heteroatoms. The number of allylic oxidation sites excluding steroid dienone is 1. The van der Waals surface area contributed by atoms with Crippen molar-refractivity contribution >= 4 is 28.0 Å². The molecule has 0 radical (unpaired) electrons. The Labute approximate surface area is 95.9 Å². The van der Waals surface area contributed by atoms with E-state index in [2.05, 4.69) is 20.7 Å². The summed E-state index contributed by atoms with van der Waals surface area (Å²) in [7, 11) is 1.22. The first-order chi connectivity index (χ1) is 7.19. The SMILES string of the molecule is COC(=O)c1ccc(C=CCBr)cc1F. The molecule has 1 rings (SSSR count). The van der Waals surface area contributed by atoms with Crippen LogP contribution in [-0.4, -0.2) is 18.4 Å². The minimum absolute atomic E-state index is 0.0477. The van der Waals surface area contributed by atoms with E-state index in [9.17, 15) is 9.18 Å². The number of carbonyl (C=O) groups excluding carboxylic acids is 1. The molecule has 0 N–H and O–H groups in total. The number of benzene rings is 1. The molecule has 0 saturated heterocycles. The Kier molecular flexibility index (Phi) is 4.49. The van der Waals surface area contributed by atoms with E-state index in [1.807, 2.05) is 6.08 Å². The summed E-state index contributed by atoms with van der Waals surface area (Å²) in [5.74, 6) is -1.23. The van der Waals surface area contributed by atoms with Crippen molar-refractivity contribution in [3.63, 3.8) is 0 Å². The summed E-state index contributed by atoms with van der Waals surface area (Å²) in [5, 5.41) is 0.702. The number of ether oxygens (including phenoxy) is 1. The number of hydrogen-bond acceptors (Lipinski definition) is 2. The number of alkyl halides is 1. The highest BCUT2D eigenvalue weighted by molar-refractivity contribution is 9.09. The van der Waals surface area contributed by atoms with Gasteiger partial charge in [0, 0.05) is 5.33 Å². The van der Waals surface area contributed by atoms with Gasteiger partial charge in [-0.1, -0.05) is 34.1 Å². The maximum atomic E-state index is 13.4. The Morgan fingerprint density at radius 3 is 2.87 bits per heavy atom. The highest BCUT2D eigenvalue weighted by Crippen LogP contribution is 2.12. The van der Waals surface area contributed by atoms with Crippen LogP contribution in [0.15, 0.2) is 24.3 Å². The van der Waals surface area contributed by atoms with Gasteiger partial charge in [-0.15, -0.1) is 0 Å². The van der Waals surface area contributed by atoms with Crippen LogP contribution >= 0.6 is 15.9 Å². The summed E-state index contributed by atoms with van der Waals surface area (Å²) in [6, 6.07) is 4.37. The molecule has 1 aromatic rings. The van der Waals surface area contributed by atoms with Gasteiger partial charge in [0.25, 0.3) is 0 Å². The molecule has 0 unspecified atom stereocenters. The van der Waals surface area contributed by atoms with E-state index in [4.69, 9.17) is 0 Å². The summed E-state index contributed by atoms with van der Waals surface area (Å²) in [6.07, 6.45) is 3.60. The summed E-state index contributed by atoms with van der Waals surface area (Å²) in [6.45, 7) is 0. The van der Waals surface area contributed by atoms with E-state index in [1.54, 1.807) is 12.1 Å². The molecule has 0 heterocycles. The van der Waals surface area contributed by atoms with Crippen LogP contribution in [0.25, 0.3) is 6.08 Å². The molecule has 80 valence electrons. The smallest absolute Gasteiger partial charge is 0.340 e. The van der Waals surface area contributed by atoms with Gasteiger partial charge >= 0.3 is 5.97 Å². The van der Waals surface area contributed by atoms with Crippen LogP contribution < -0.4 is 0 Å². The van der Waals surface area contributed by atoms with Gasteiger partial charge in [0.2, 0.25) is 0 Å². The molecule has 1 aromatic carbocycles. The van der Waals surface area contributed by atoms with E-state index in [0.29, 0.717) is 10.9 Å². The molecular weight excluding hydrogens is 263 g/mol. The second kappa shape index (κ2) is 5.66. The van der Waals surface area contributed by atoms with Crippen LogP contribution in [0, 0.1) is 5.82 Å². The lowest BCUT2D eigenvalue weighted by Crippen LogP contribution is -2.04. The number of hydrogen-bond donors (Lipinski definition) is 0. The molecule has 0 spiro atoms. The molecule has 0 aromatic heterocycles. The first-order valence-electron chi connectivity index (χ1n) is 4.29. The molecule has 0 amide bonds. The fourth-order valence-electron chi connectivity index (χ4n) is 1.09. The minimum Gasteiger partial charge on any atom is -0.465 e. The highest BCUT2D eigenvalue weighted by atomic mass is 79.9. The molecule has 15 heavy (non-hydrogen) atoms. The minimum atomic E-state index is -0.663. The Morgan fingerprint density at radius 1 is 1.60 bits per heavy atom. The van der Waals surface area contributed by atoms with Gasteiger partial charge < -0.3 is 4.74 Å². The quantitative estimate of drug-likeness (QED) is 0.625. The van der Waals surface area contributed by atoms with Crippen molar-refractivity contribution in [2.45, 2.75) is 0 Å². The monoisotopic (exact) mass is 272 g/mol. The van der Waals surface area contributed by atoms with Gasteiger partial charge in [-0.3, -0.25) is 0 Å². The number of methoxy groups -OCH3 is 1. The van der Waals surface area contributed by atoms with Crippen molar-refractivity contribution in [2.24, 2.45) is 0 Å². The topological polar surface area (TPSA) is 26.3 Å². The second-order valence-electron chi connectivity index (χ2n) is 2.79. The van der Waals surface area contributed by atoms with Crippen LogP contribution in [0.3, 0.4) is 0 Å². The van der Waals surface area contributed by atoms with Crippen molar-refractivity contribution in [3.8, 4) is 0 Å². The van der Waals surface area contributed by atoms with Crippen molar-refractivity contribution < 1.29 is 13.9 Å². The zero-order valence-electron chi connectivity index (χ0n) is 8.17. The summed E-state index contributed by atoms with van der Waals surface area (Å²) in [5.41, 5.74) is 0.660. The van der Waals surface area contributed by atoms with Crippen LogP contribution in [0.4, 0.5) is 4.39 Å². The fraction of sp³-hybridized carbons (Fsp3) is 0.182. The van der Waals surface area contributed by atoms with E-state index in [-0.39, 0.29) is 5.56 Å². The zero-order chi connectivity index (χ0) is 11.3. The summed E-state index contributed by atoms with van der Waals surface area (Å²) >= 11 is 3.22. The summed E-state index contributed by atoms with van der Waals surface area (Å²) in [4.78, 5) is 11.1. The van der Waals surface area contributed by atoms with Gasteiger partial charge in [0.15, 0.2) is 0 Å². The lowest BCUT2D eigenvalue weighted by molar-refractivity contribution is 0.0595. The van der Waals surface area contributed by atoms with E-state index in [0.717, 1.165) is 0 Å². The first kappa shape index (κ1) is 11.9.